The van der Waals surface area contributed by atoms with E-state index in [1.54, 1.807) is 6.07 Å². The first-order valence-corrected chi connectivity index (χ1v) is 6.51. The summed E-state index contributed by atoms with van der Waals surface area (Å²) in [4.78, 5) is 0. The summed E-state index contributed by atoms with van der Waals surface area (Å²) in [7, 11) is 0. The summed E-state index contributed by atoms with van der Waals surface area (Å²) in [6.45, 7) is -0.693. The van der Waals surface area contributed by atoms with Crippen LogP contribution in [0, 0.1) is 0 Å². The fraction of sp³-hybridized carbons (Fsp3) is 0.400. The van der Waals surface area contributed by atoms with Crippen LogP contribution in [0.2, 0.25) is 0 Å². The molecule has 0 N–H and O–H groups in total. The van der Waals surface area contributed by atoms with E-state index in [-0.39, 0.29) is 6.61 Å². The van der Waals surface area contributed by atoms with Crippen molar-refractivity contribution in [1.29, 1.82) is 0 Å². The van der Waals surface area contributed by atoms with Crippen molar-refractivity contribution in [3.63, 3.8) is 0 Å². The average Bonchev–Trinajstić information content (AvgIpc) is 2.24. The van der Waals surface area contributed by atoms with Crippen LogP contribution < -0.4 is 4.74 Å². The Bertz CT molecular complexity index is 369. The summed E-state index contributed by atoms with van der Waals surface area (Å²) in [5, 5.41) is 0.697. The lowest BCUT2D eigenvalue weighted by molar-refractivity contribution is -0.325. The standard InChI is InChI=1S/C10H9Br2F3O2/c11-6-7-1-2-9(8(12)5-7)16-3-4-17-10(13,14)15/h1-2,5H,3-4,6H2. The van der Waals surface area contributed by atoms with Gasteiger partial charge in [0.1, 0.15) is 12.4 Å². The second-order valence-corrected chi connectivity index (χ2v) is 4.46. The van der Waals surface area contributed by atoms with E-state index in [2.05, 4.69) is 36.6 Å². The van der Waals surface area contributed by atoms with Crippen molar-refractivity contribution in [2.45, 2.75) is 11.7 Å². The highest BCUT2D eigenvalue weighted by Gasteiger charge is 2.28. The molecule has 0 aliphatic heterocycles. The van der Waals surface area contributed by atoms with Gasteiger partial charge in [-0.1, -0.05) is 22.0 Å². The largest absolute Gasteiger partial charge is 0.522 e. The van der Waals surface area contributed by atoms with Crippen LogP contribution in [0.15, 0.2) is 22.7 Å². The third kappa shape index (κ3) is 5.74. The summed E-state index contributed by atoms with van der Waals surface area (Å²) in [5.41, 5.74) is 1.04. The third-order valence-corrected chi connectivity index (χ3v) is 3.02. The minimum Gasteiger partial charge on any atom is -0.490 e. The molecule has 7 heteroatoms. The Kier molecular flexibility index (Phi) is 5.75. The average molecular weight is 378 g/mol. The fourth-order valence-corrected chi connectivity index (χ4v) is 1.94. The molecule has 0 radical (unpaired) electrons. The Hall–Kier alpha value is -0.270. The Morgan fingerprint density at radius 2 is 1.88 bits per heavy atom. The molecule has 0 atom stereocenters. The van der Waals surface area contributed by atoms with Gasteiger partial charge in [-0.2, -0.15) is 0 Å². The van der Waals surface area contributed by atoms with Crippen LogP contribution in [0.3, 0.4) is 0 Å². The molecule has 2 nitrogen and oxygen atoms in total. The monoisotopic (exact) mass is 376 g/mol. The van der Waals surface area contributed by atoms with Crippen molar-refractivity contribution in [2.75, 3.05) is 13.2 Å². The Morgan fingerprint density at radius 1 is 1.18 bits per heavy atom. The van der Waals surface area contributed by atoms with Crippen molar-refractivity contribution >= 4 is 31.9 Å². The predicted octanol–water partition coefficient (Wildman–Crippen LogP) is 4.26. The molecule has 0 heterocycles. The number of benzene rings is 1. The van der Waals surface area contributed by atoms with Gasteiger partial charge >= 0.3 is 6.36 Å². The number of hydrogen-bond acceptors (Lipinski definition) is 2. The summed E-state index contributed by atoms with van der Waals surface area (Å²) in [6, 6.07) is 5.34. The van der Waals surface area contributed by atoms with E-state index in [1.165, 1.54) is 0 Å². The molecule has 0 bridgehead atoms. The van der Waals surface area contributed by atoms with E-state index < -0.39 is 13.0 Å². The van der Waals surface area contributed by atoms with Gasteiger partial charge in [0.2, 0.25) is 0 Å². The predicted molar refractivity (Wildman–Crippen MR) is 64.3 cm³/mol. The molecule has 0 spiro atoms. The zero-order valence-electron chi connectivity index (χ0n) is 8.56. The molecule has 0 aromatic heterocycles. The lowest BCUT2D eigenvalue weighted by Crippen LogP contribution is -2.18. The van der Waals surface area contributed by atoms with Crippen molar-refractivity contribution in [3.05, 3.63) is 28.2 Å². The minimum atomic E-state index is -4.61. The molecular formula is C10H9Br2F3O2. The van der Waals surface area contributed by atoms with Crippen LogP contribution in [-0.2, 0) is 10.1 Å². The van der Waals surface area contributed by atoms with Gasteiger partial charge in [0.15, 0.2) is 0 Å². The normalized spacial score (nSPS) is 11.6. The van der Waals surface area contributed by atoms with Crippen LogP contribution >= 0.6 is 31.9 Å². The topological polar surface area (TPSA) is 18.5 Å². The Labute approximate surface area is 113 Å². The van der Waals surface area contributed by atoms with Crippen LogP contribution in [0.25, 0.3) is 0 Å². The van der Waals surface area contributed by atoms with Crippen molar-refractivity contribution in [1.82, 2.24) is 0 Å². The second-order valence-electron chi connectivity index (χ2n) is 3.04. The molecule has 0 unspecified atom stereocenters. The molecule has 0 aliphatic rings. The number of hydrogen-bond donors (Lipinski definition) is 0. The van der Waals surface area contributed by atoms with E-state index >= 15 is 0 Å². The number of ether oxygens (including phenoxy) is 2. The molecule has 0 fully saturated rings. The highest BCUT2D eigenvalue weighted by molar-refractivity contribution is 9.10. The number of alkyl halides is 4. The van der Waals surface area contributed by atoms with Gasteiger partial charge in [-0.05, 0) is 33.6 Å². The molecular weight excluding hydrogens is 369 g/mol. The molecule has 96 valence electrons. The first-order chi connectivity index (χ1) is 7.92. The zero-order chi connectivity index (χ0) is 12.9. The van der Waals surface area contributed by atoms with Gasteiger partial charge in [-0.25, -0.2) is 0 Å². The Balaban J connectivity index is 2.42. The maximum Gasteiger partial charge on any atom is 0.522 e. The van der Waals surface area contributed by atoms with Gasteiger partial charge in [-0.3, -0.25) is 4.74 Å². The quantitative estimate of drug-likeness (QED) is 0.563. The summed E-state index contributed by atoms with van der Waals surface area (Å²) < 4.78 is 44.4. The molecule has 1 aromatic rings. The molecule has 1 rings (SSSR count). The van der Waals surface area contributed by atoms with Gasteiger partial charge in [0, 0.05) is 5.33 Å². The van der Waals surface area contributed by atoms with Gasteiger partial charge in [0.05, 0.1) is 11.1 Å². The van der Waals surface area contributed by atoms with E-state index in [9.17, 15) is 13.2 Å². The van der Waals surface area contributed by atoms with Crippen LogP contribution in [-0.4, -0.2) is 19.6 Å². The molecule has 17 heavy (non-hydrogen) atoms. The molecule has 0 saturated heterocycles. The SMILES string of the molecule is FC(F)(F)OCCOc1ccc(CBr)cc1Br. The van der Waals surface area contributed by atoms with Crippen molar-refractivity contribution in [2.24, 2.45) is 0 Å². The maximum atomic E-state index is 11.7. The van der Waals surface area contributed by atoms with Crippen molar-refractivity contribution in [3.8, 4) is 5.75 Å². The smallest absolute Gasteiger partial charge is 0.490 e. The first kappa shape index (κ1) is 14.8. The van der Waals surface area contributed by atoms with Crippen molar-refractivity contribution < 1.29 is 22.6 Å². The highest BCUT2D eigenvalue weighted by atomic mass is 79.9. The third-order valence-electron chi connectivity index (χ3n) is 1.76. The summed E-state index contributed by atoms with van der Waals surface area (Å²) in [5.74, 6) is 0.487. The van der Waals surface area contributed by atoms with Gasteiger partial charge < -0.3 is 4.74 Å². The fourth-order valence-electron chi connectivity index (χ4n) is 1.05. The molecule has 0 amide bonds. The van der Waals surface area contributed by atoms with Crippen LogP contribution in [0.5, 0.6) is 5.75 Å². The lowest BCUT2D eigenvalue weighted by atomic mass is 10.2. The van der Waals surface area contributed by atoms with Gasteiger partial charge in [-0.15, -0.1) is 13.2 Å². The molecule has 1 aromatic carbocycles. The first-order valence-electron chi connectivity index (χ1n) is 4.60. The van der Waals surface area contributed by atoms with E-state index in [0.29, 0.717) is 15.6 Å². The van der Waals surface area contributed by atoms with Crippen LogP contribution in [0.1, 0.15) is 5.56 Å². The van der Waals surface area contributed by atoms with Gasteiger partial charge in [0.25, 0.3) is 0 Å². The second kappa shape index (κ2) is 6.61. The molecule has 0 aliphatic carbocycles. The molecule has 0 saturated carbocycles. The summed E-state index contributed by atoms with van der Waals surface area (Å²) >= 11 is 6.57. The summed E-state index contributed by atoms with van der Waals surface area (Å²) in [6.07, 6.45) is -4.61. The van der Waals surface area contributed by atoms with E-state index in [1.807, 2.05) is 12.1 Å². The minimum absolute atomic E-state index is 0.161. The maximum absolute atomic E-state index is 11.7. The van der Waals surface area contributed by atoms with E-state index in [0.717, 1.165) is 5.56 Å². The van der Waals surface area contributed by atoms with Crippen LogP contribution in [0.4, 0.5) is 13.2 Å². The number of rotatable bonds is 5. The highest BCUT2D eigenvalue weighted by Crippen LogP contribution is 2.27. The Morgan fingerprint density at radius 3 is 2.41 bits per heavy atom. The zero-order valence-corrected chi connectivity index (χ0v) is 11.7. The number of halogens is 5. The van der Waals surface area contributed by atoms with E-state index in [4.69, 9.17) is 4.74 Å². The lowest BCUT2D eigenvalue weighted by Gasteiger charge is -2.10.